The molecule has 14 heteroatoms. The van der Waals surface area contributed by atoms with Crippen LogP contribution in [0.25, 0.3) is 0 Å². The molecule has 0 bridgehead atoms. The molecule has 2 rings (SSSR count). The van der Waals surface area contributed by atoms with Crippen LogP contribution in [0.15, 0.2) is 21.9 Å². The number of alkyl halides is 3. The second-order valence-electron chi connectivity index (χ2n) is 4.98. The number of nitrogens with one attached hydrogen (secondary N) is 1. The zero-order chi connectivity index (χ0) is 18.3. The van der Waals surface area contributed by atoms with Gasteiger partial charge in [-0.3, -0.25) is 18.9 Å². The van der Waals surface area contributed by atoms with Gasteiger partial charge in [-0.05, 0) is 0 Å². The first kappa shape index (κ1) is 18.8. The fourth-order valence-electron chi connectivity index (χ4n) is 2.28. The second-order valence-corrected chi connectivity index (χ2v) is 6.22. The number of phosphoric acid groups is 1. The van der Waals surface area contributed by atoms with Gasteiger partial charge < -0.3 is 19.6 Å². The van der Waals surface area contributed by atoms with Gasteiger partial charge in [0.05, 0.1) is 12.7 Å². The van der Waals surface area contributed by atoms with Gasteiger partial charge in [-0.1, -0.05) is 0 Å². The van der Waals surface area contributed by atoms with Crippen molar-refractivity contribution < 1.29 is 41.9 Å². The van der Waals surface area contributed by atoms with Crippen molar-refractivity contribution in [1.82, 2.24) is 9.55 Å². The molecule has 1 aliphatic rings. The van der Waals surface area contributed by atoms with E-state index in [4.69, 9.17) is 14.5 Å². The molecule has 0 radical (unpaired) electrons. The number of phosphoric ester groups is 1. The van der Waals surface area contributed by atoms with Crippen LogP contribution in [0.2, 0.25) is 0 Å². The molecular formula is C10H12F3N2O8P. The molecule has 0 saturated carbocycles. The van der Waals surface area contributed by atoms with Crippen LogP contribution in [0.1, 0.15) is 6.42 Å². The number of H-pyrrole nitrogens is 1. The Morgan fingerprint density at radius 2 is 2.08 bits per heavy atom. The van der Waals surface area contributed by atoms with Gasteiger partial charge in [0.15, 0.2) is 0 Å². The van der Waals surface area contributed by atoms with E-state index in [1.54, 1.807) is 4.98 Å². The van der Waals surface area contributed by atoms with Crippen LogP contribution >= 0.6 is 7.82 Å². The summed E-state index contributed by atoms with van der Waals surface area (Å²) in [6.07, 6.45) is -9.38. The highest BCUT2D eigenvalue weighted by Gasteiger charge is 2.65. The number of hydrogen-bond donors (Lipinski definition) is 4. The van der Waals surface area contributed by atoms with Crippen LogP contribution in [0.4, 0.5) is 13.2 Å². The number of rotatable bonds is 4. The van der Waals surface area contributed by atoms with Crippen molar-refractivity contribution in [2.75, 3.05) is 6.61 Å². The normalized spacial score (nSPS) is 28.2. The zero-order valence-electron chi connectivity index (χ0n) is 11.6. The number of nitrogens with zero attached hydrogens (tertiary/aromatic N) is 1. The Labute approximate surface area is 130 Å². The van der Waals surface area contributed by atoms with E-state index in [-0.39, 0.29) is 4.57 Å². The van der Waals surface area contributed by atoms with E-state index in [2.05, 4.69) is 4.52 Å². The number of ether oxygens (including phenoxy) is 1. The number of aliphatic hydroxyl groups is 1. The predicted octanol–water partition coefficient (Wildman–Crippen LogP) is -0.989. The maximum absolute atomic E-state index is 13.5. The second kappa shape index (κ2) is 6.10. The minimum atomic E-state index is -5.19. The molecule has 10 nitrogen and oxygen atoms in total. The van der Waals surface area contributed by atoms with Gasteiger partial charge >= 0.3 is 19.7 Å². The molecule has 3 atom stereocenters. The Hall–Kier alpha value is -1.50. The lowest BCUT2D eigenvalue weighted by atomic mass is 10.1. The van der Waals surface area contributed by atoms with Crippen LogP contribution in [0.3, 0.4) is 0 Å². The molecule has 24 heavy (non-hydrogen) atoms. The fourth-order valence-corrected chi connectivity index (χ4v) is 2.62. The summed E-state index contributed by atoms with van der Waals surface area (Å²) in [7, 11) is -5.00. The monoisotopic (exact) mass is 376 g/mol. The summed E-state index contributed by atoms with van der Waals surface area (Å²) in [6.45, 7) is -1.04. The van der Waals surface area contributed by atoms with E-state index in [9.17, 15) is 32.4 Å². The highest BCUT2D eigenvalue weighted by Crippen LogP contribution is 2.47. The number of aromatic nitrogens is 2. The summed E-state index contributed by atoms with van der Waals surface area (Å²) >= 11 is 0. The Balaban J connectivity index is 2.43. The van der Waals surface area contributed by atoms with Crippen LogP contribution in [-0.4, -0.2) is 49.4 Å². The van der Waals surface area contributed by atoms with Crippen molar-refractivity contribution >= 4 is 7.82 Å². The van der Waals surface area contributed by atoms with E-state index in [0.29, 0.717) is 12.3 Å². The minimum Gasteiger partial charge on any atom is -0.390 e. The Kier molecular flexibility index (Phi) is 4.78. The first-order valence-corrected chi connectivity index (χ1v) is 7.84. The average molecular weight is 376 g/mol. The largest absolute Gasteiger partial charge is 0.469 e. The molecule has 0 spiro atoms. The average Bonchev–Trinajstić information content (AvgIpc) is 2.73. The van der Waals surface area contributed by atoms with E-state index in [0.717, 1.165) is 0 Å². The molecule has 0 amide bonds. The molecule has 0 unspecified atom stereocenters. The standard InChI is InChI=1S/C10H12F3N2O8P/c11-10(12,13)9(15-2-1-7(17)14-8(15)18)3-5(16)6(23-9)4-22-24(19,20)21/h1-2,5-6,16H,3-4H2,(H,14,17,18)(H2,19,20,21)/t5-,6+,9-/m0/s1. The molecule has 1 saturated heterocycles. The summed E-state index contributed by atoms with van der Waals surface area (Å²) in [5.41, 5.74) is -5.69. The van der Waals surface area contributed by atoms with E-state index in [1.165, 1.54) is 0 Å². The van der Waals surface area contributed by atoms with Crippen molar-refractivity contribution in [3.8, 4) is 0 Å². The van der Waals surface area contributed by atoms with E-state index >= 15 is 0 Å². The quantitative estimate of drug-likeness (QED) is 0.489. The minimum absolute atomic E-state index is 0.0507. The van der Waals surface area contributed by atoms with Gasteiger partial charge in [0.25, 0.3) is 5.56 Å². The maximum Gasteiger partial charge on any atom is 0.469 e. The van der Waals surface area contributed by atoms with Gasteiger partial charge in [0.2, 0.25) is 5.72 Å². The van der Waals surface area contributed by atoms with E-state index in [1.807, 2.05) is 0 Å². The first-order chi connectivity index (χ1) is 10.9. The van der Waals surface area contributed by atoms with E-state index < -0.39 is 56.2 Å². The summed E-state index contributed by atoms with van der Waals surface area (Å²) in [5.74, 6) is 0. The predicted molar refractivity (Wildman–Crippen MR) is 68.8 cm³/mol. The summed E-state index contributed by atoms with van der Waals surface area (Å²) in [5, 5.41) is 9.75. The molecule has 2 heterocycles. The third-order valence-electron chi connectivity index (χ3n) is 3.32. The van der Waals surface area contributed by atoms with Gasteiger partial charge in [0, 0.05) is 18.7 Å². The Morgan fingerprint density at radius 1 is 1.46 bits per heavy atom. The summed E-state index contributed by atoms with van der Waals surface area (Å²) in [4.78, 5) is 41.5. The molecule has 1 aliphatic heterocycles. The van der Waals surface area contributed by atoms with Crippen LogP contribution in [-0.2, 0) is 19.6 Å². The molecule has 0 aromatic carbocycles. The molecule has 4 N–H and O–H groups in total. The first-order valence-electron chi connectivity index (χ1n) is 6.31. The molecule has 1 aromatic rings. The highest BCUT2D eigenvalue weighted by molar-refractivity contribution is 7.46. The molecule has 0 aliphatic carbocycles. The molecule has 1 aromatic heterocycles. The topological polar surface area (TPSA) is 151 Å². The van der Waals surface area contributed by atoms with Crippen molar-refractivity contribution in [2.45, 2.75) is 30.5 Å². The highest BCUT2D eigenvalue weighted by atomic mass is 31.2. The maximum atomic E-state index is 13.5. The third-order valence-corrected chi connectivity index (χ3v) is 3.81. The Bertz CT molecular complexity index is 770. The summed E-state index contributed by atoms with van der Waals surface area (Å²) < 4.78 is 60.0. The molecule has 1 fully saturated rings. The van der Waals surface area contributed by atoms with Gasteiger partial charge in [-0.2, -0.15) is 13.2 Å². The lowest BCUT2D eigenvalue weighted by molar-refractivity contribution is -0.312. The van der Waals surface area contributed by atoms with Crippen molar-refractivity contribution in [1.29, 1.82) is 0 Å². The SMILES string of the molecule is O=c1ccn([C@@]2(C(F)(F)F)C[C@H](O)[C@@H](COP(=O)(O)O)O2)c(=O)[nH]1. The number of aliphatic hydroxyl groups excluding tert-OH is 1. The zero-order valence-corrected chi connectivity index (χ0v) is 12.5. The number of hydrogen-bond acceptors (Lipinski definition) is 6. The van der Waals surface area contributed by atoms with Crippen LogP contribution in [0.5, 0.6) is 0 Å². The molecular weight excluding hydrogens is 364 g/mol. The number of aromatic amines is 1. The summed E-state index contributed by atoms with van der Waals surface area (Å²) in [6, 6.07) is 0.657. The van der Waals surface area contributed by atoms with Crippen molar-refractivity contribution in [2.24, 2.45) is 0 Å². The van der Waals surface area contributed by atoms with Crippen LogP contribution in [0, 0.1) is 0 Å². The lowest BCUT2D eigenvalue weighted by Crippen LogP contribution is -2.53. The smallest absolute Gasteiger partial charge is 0.390 e. The van der Waals surface area contributed by atoms with Crippen molar-refractivity contribution in [3.63, 3.8) is 0 Å². The fraction of sp³-hybridized carbons (Fsp3) is 0.600. The van der Waals surface area contributed by atoms with Crippen molar-refractivity contribution in [3.05, 3.63) is 33.1 Å². The Morgan fingerprint density at radius 3 is 2.58 bits per heavy atom. The molecule has 136 valence electrons. The number of halogens is 3. The van der Waals surface area contributed by atoms with Gasteiger partial charge in [0.1, 0.15) is 6.10 Å². The van der Waals surface area contributed by atoms with Gasteiger partial charge in [-0.15, -0.1) is 0 Å². The third kappa shape index (κ3) is 3.61. The lowest BCUT2D eigenvalue weighted by Gasteiger charge is -2.32. The van der Waals surface area contributed by atoms with Crippen LogP contribution < -0.4 is 11.2 Å². The van der Waals surface area contributed by atoms with Gasteiger partial charge in [-0.25, -0.2) is 9.36 Å².